The van der Waals surface area contributed by atoms with Crippen LogP contribution in [0.5, 0.6) is 0 Å². The van der Waals surface area contributed by atoms with Crippen molar-refractivity contribution in [3.8, 4) is 0 Å². The number of carbonyl (C=O) groups is 1. The second-order valence-electron chi connectivity index (χ2n) is 6.97. The number of carboxylic acids is 1. The van der Waals surface area contributed by atoms with Gasteiger partial charge in [-0.2, -0.15) is 0 Å². The average Bonchev–Trinajstić information content (AvgIpc) is 3.41. The van der Waals surface area contributed by atoms with E-state index in [0.29, 0.717) is 30.5 Å². The zero-order valence-electron chi connectivity index (χ0n) is 16.8. The molecule has 0 aliphatic carbocycles. The fourth-order valence-corrected chi connectivity index (χ4v) is 0.948. The lowest BCUT2D eigenvalue weighted by atomic mass is 10.4. The Labute approximate surface area is 161 Å². The lowest BCUT2D eigenvalue weighted by molar-refractivity contribution is -0.132. The lowest BCUT2D eigenvalue weighted by Gasteiger charge is -1.95. The maximum absolute atomic E-state index is 9.60. The maximum atomic E-state index is 9.60. The minimum Gasteiger partial charge on any atom is -0.478 e. The summed E-state index contributed by atoms with van der Waals surface area (Å²) in [5.41, 5.74) is 0.176. The Bertz CT molecular complexity index is 374. The van der Waals surface area contributed by atoms with Gasteiger partial charge in [0.2, 0.25) is 0 Å². The van der Waals surface area contributed by atoms with Gasteiger partial charge in [-0.3, -0.25) is 0 Å². The molecule has 5 aliphatic heterocycles. The first kappa shape index (κ1) is 24.0. The first-order valence-corrected chi connectivity index (χ1v) is 9.32. The van der Waals surface area contributed by atoms with Crippen molar-refractivity contribution in [1.82, 2.24) is 0 Å². The second kappa shape index (κ2) is 13.2. The van der Waals surface area contributed by atoms with Gasteiger partial charge in [0.15, 0.2) is 0 Å². The first-order valence-electron chi connectivity index (χ1n) is 9.32. The second-order valence-corrected chi connectivity index (χ2v) is 6.97. The molecule has 5 atom stereocenters. The lowest BCUT2D eigenvalue weighted by Crippen LogP contribution is -2.06. The molecule has 5 unspecified atom stereocenters. The van der Waals surface area contributed by atoms with Gasteiger partial charge in [-0.1, -0.05) is 6.58 Å². The Morgan fingerprint density at radius 1 is 0.852 bits per heavy atom. The van der Waals surface area contributed by atoms with Gasteiger partial charge in [0.25, 0.3) is 0 Å². The average molecular weight is 390 g/mol. The molecule has 5 aliphatic rings. The number of epoxide rings is 5. The predicted octanol–water partition coefficient (Wildman–Crippen LogP) is 1.66. The first-order chi connectivity index (χ1) is 12.8. The van der Waals surface area contributed by atoms with E-state index in [1.54, 1.807) is 0 Å². The maximum Gasteiger partial charge on any atom is 0.330 e. The van der Waals surface area contributed by atoms with Gasteiger partial charge in [-0.25, -0.2) is 4.79 Å². The van der Waals surface area contributed by atoms with Crippen LogP contribution in [0.2, 0.25) is 0 Å². The smallest absolute Gasteiger partial charge is 0.330 e. The van der Waals surface area contributed by atoms with Crippen LogP contribution in [0.3, 0.4) is 0 Å². The van der Waals surface area contributed by atoms with Crippen LogP contribution in [0.25, 0.3) is 0 Å². The molecule has 0 spiro atoms. The van der Waals surface area contributed by atoms with E-state index in [1.807, 2.05) is 0 Å². The topological polar surface area (TPSA) is 109 Å². The van der Waals surface area contributed by atoms with Crippen molar-refractivity contribution in [2.45, 2.75) is 58.2 Å². The Kier molecular flexibility index (Phi) is 11.7. The number of rotatable bonds is 5. The largest absolute Gasteiger partial charge is 0.478 e. The van der Waals surface area contributed by atoms with Crippen LogP contribution < -0.4 is 0 Å². The zero-order valence-corrected chi connectivity index (χ0v) is 16.8. The summed E-state index contributed by atoms with van der Waals surface area (Å²) in [4.78, 5) is 9.60. The predicted molar refractivity (Wildman–Crippen MR) is 99.0 cm³/mol. The molecule has 0 amide bonds. The van der Waals surface area contributed by atoms with Crippen LogP contribution in [0.15, 0.2) is 12.2 Å². The van der Waals surface area contributed by atoms with E-state index in [2.05, 4.69) is 27.4 Å². The van der Waals surface area contributed by atoms with E-state index >= 15 is 0 Å². The molecular weight excluding hydrogens is 356 g/mol. The van der Waals surface area contributed by atoms with Gasteiger partial charge in [0, 0.05) is 5.57 Å². The van der Waals surface area contributed by atoms with Gasteiger partial charge in [-0.15, -0.1) is 0 Å². The van der Waals surface area contributed by atoms with Gasteiger partial charge in [0.1, 0.15) is 12.2 Å². The molecule has 0 aromatic rings. The highest BCUT2D eigenvalue weighted by molar-refractivity contribution is 5.84. The summed E-state index contributed by atoms with van der Waals surface area (Å²) in [5, 5.41) is 7.89. The number of hydrogen-bond donors (Lipinski definition) is 1. The SMILES string of the molecule is C(OCC1CO1)C1CO1.C=C(C)C(=O)O.CC1CO1.CC1CO1.CC1CO1. The minimum absolute atomic E-state index is 0.176. The standard InChI is InChI=1S/C6H10O3.C4H6O2.3C3H6O/c1(5-3-8-5)7-2-6-4-9-6;1-3(2)4(5)6;3*1-3-2-4-3/h5-6H,1-4H2;1H2,2H3,(H,5,6);3*3H,2H2,1H3. The summed E-state index contributed by atoms with van der Waals surface area (Å²) in [5.74, 6) is -0.935. The number of hydrogen-bond acceptors (Lipinski definition) is 7. The van der Waals surface area contributed by atoms with E-state index < -0.39 is 5.97 Å². The molecule has 0 saturated carbocycles. The van der Waals surface area contributed by atoms with Gasteiger partial charge >= 0.3 is 5.97 Å². The van der Waals surface area contributed by atoms with E-state index in [4.69, 9.17) is 33.5 Å². The number of aliphatic carboxylic acids is 1. The molecule has 0 radical (unpaired) electrons. The van der Waals surface area contributed by atoms with Crippen LogP contribution >= 0.6 is 0 Å². The van der Waals surface area contributed by atoms with E-state index in [9.17, 15) is 4.79 Å². The highest BCUT2D eigenvalue weighted by atomic mass is 16.6. The number of carboxylic acid groups (broad SMARTS) is 1. The molecule has 5 saturated heterocycles. The minimum atomic E-state index is -0.935. The van der Waals surface area contributed by atoms with Gasteiger partial charge < -0.3 is 33.5 Å². The molecule has 5 heterocycles. The van der Waals surface area contributed by atoms with Crippen LogP contribution in [-0.4, -0.2) is 87.8 Å². The number of ether oxygens (including phenoxy) is 6. The summed E-state index contributed by atoms with van der Waals surface area (Å²) >= 11 is 0. The quantitative estimate of drug-likeness (QED) is 0.558. The molecule has 5 rings (SSSR count). The molecule has 8 nitrogen and oxygen atoms in total. The summed E-state index contributed by atoms with van der Waals surface area (Å²) < 4.78 is 29.2. The van der Waals surface area contributed by atoms with Crippen molar-refractivity contribution in [2.75, 3.05) is 46.2 Å². The monoisotopic (exact) mass is 390 g/mol. The Morgan fingerprint density at radius 2 is 1.07 bits per heavy atom. The molecule has 1 N–H and O–H groups in total. The molecule has 0 aromatic carbocycles. The molecule has 8 heteroatoms. The molecule has 0 aromatic heterocycles. The molecular formula is C19H34O8. The van der Waals surface area contributed by atoms with Crippen LogP contribution in [0, 0.1) is 0 Å². The molecule has 5 fully saturated rings. The third-order valence-corrected chi connectivity index (χ3v) is 3.28. The van der Waals surface area contributed by atoms with Crippen molar-refractivity contribution in [1.29, 1.82) is 0 Å². The Hall–Kier alpha value is -1.03. The van der Waals surface area contributed by atoms with E-state index in [1.165, 1.54) is 6.92 Å². The Balaban J connectivity index is 0.000000178. The van der Waals surface area contributed by atoms with Crippen LogP contribution in [0.4, 0.5) is 0 Å². The van der Waals surface area contributed by atoms with Crippen molar-refractivity contribution >= 4 is 5.97 Å². The third kappa shape index (κ3) is 22.9. The fraction of sp³-hybridized carbons (Fsp3) is 0.842. The van der Waals surface area contributed by atoms with Crippen molar-refractivity contribution < 1.29 is 38.3 Å². The molecule has 158 valence electrons. The Morgan fingerprint density at radius 3 is 1.19 bits per heavy atom. The fourth-order valence-electron chi connectivity index (χ4n) is 0.948. The summed E-state index contributed by atoms with van der Waals surface area (Å²) in [6.45, 7) is 17.0. The third-order valence-electron chi connectivity index (χ3n) is 3.28. The summed E-state index contributed by atoms with van der Waals surface area (Å²) in [6.07, 6.45) is 2.53. The van der Waals surface area contributed by atoms with Crippen molar-refractivity contribution in [2.24, 2.45) is 0 Å². The summed E-state index contributed by atoms with van der Waals surface area (Å²) in [6, 6.07) is 0. The van der Waals surface area contributed by atoms with Crippen LogP contribution in [-0.2, 0) is 33.2 Å². The zero-order chi connectivity index (χ0) is 20.2. The van der Waals surface area contributed by atoms with Gasteiger partial charge in [0.05, 0.1) is 64.6 Å². The highest BCUT2D eigenvalue weighted by Gasteiger charge is 2.26. The van der Waals surface area contributed by atoms with E-state index in [-0.39, 0.29) is 5.57 Å². The van der Waals surface area contributed by atoms with Crippen LogP contribution in [0.1, 0.15) is 27.7 Å². The van der Waals surface area contributed by atoms with Crippen molar-refractivity contribution in [3.63, 3.8) is 0 Å². The van der Waals surface area contributed by atoms with E-state index in [0.717, 1.165) is 46.2 Å². The van der Waals surface area contributed by atoms with Crippen molar-refractivity contribution in [3.05, 3.63) is 12.2 Å². The summed E-state index contributed by atoms with van der Waals surface area (Å²) in [7, 11) is 0. The molecule has 27 heavy (non-hydrogen) atoms. The highest BCUT2D eigenvalue weighted by Crippen LogP contribution is 2.12. The molecule has 0 bridgehead atoms. The van der Waals surface area contributed by atoms with Gasteiger partial charge in [-0.05, 0) is 27.7 Å². The normalized spacial score (nSPS) is 32.2.